The molecular weight excluding hydrogens is 494 g/mol. The molecule has 0 aliphatic carbocycles. The van der Waals surface area contributed by atoms with Crippen molar-refractivity contribution in [3.05, 3.63) is 95.6 Å². The molecule has 0 unspecified atom stereocenters. The van der Waals surface area contributed by atoms with Crippen LogP contribution in [0.4, 0.5) is 4.79 Å². The predicted molar refractivity (Wildman–Crippen MR) is 151 cm³/mol. The van der Waals surface area contributed by atoms with E-state index in [0.717, 1.165) is 29.5 Å². The van der Waals surface area contributed by atoms with Crippen LogP contribution in [0.5, 0.6) is 11.5 Å². The first-order chi connectivity index (χ1) is 18.7. The monoisotopic (exact) mass is 533 g/mol. The van der Waals surface area contributed by atoms with Gasteiger partial charge in [0.2, 0.25) is 0 Å². The minimum absolute atomic E-state index is 0.199. The molecule has 1 amide bonds. The second kappa shape index (κ2) is 14.8. The van der Waals surface area contributed by atoms with E-state index in [9.17, 15) is 9.59 Å². The first kappa shape index (κ1) is 29.6. The third-order valence-corrected chi connectivity index (χ3v) is 5.64. The molecule has 1 N–H and O–H groups in total. The number of alkyl carbamates (subject to hydrolysis) is 1. The second-order valence-electron chi connectivity index (χ2n) is 10.3. The fourth-order valence-electron chi connectivity index (χ4n) is 3.68. The lowest BCUT2D eigenvalue weighted by atomic mass is 10.1. The zero-order valence-corrected chi connectivity index (χ0v) is 23.3. The number of carbonyl (C=O) groups excluding carboxylic acids is 2. The van der Waals surface area contributed by atoms with Gasteiger partial charge in [0, 0.05) is 6.42 Å². The van der Waals surface area contributed by atoms with Gasteiger partial charge in [-0.05, 0) is 56.0 Å². The van der Waals surface area contributed by atoms with Crippen LogP contribution in [0.1, 0.15) is 57.2 Å². The third kappa shape index (κ3) is 10.7. The molecule has 0 heterocycles. The zero-order chi connectivity index (χ0) is 28.1. The van der Waals surface area contributed by atoms with Crippen molar-refractivity contribution in [2.45, 2.75) is 71.8 Å². The summed E-state index contributed by atoms with van der Waals surface area (Å²) < 4.78 is 23.1. The average molecular weight is 534 g/mol. The quantitative estimate of drug-likeness (QED) is 0.196. The Morgan fingerprint density at radius 1 is 0.795 bits per heavy atom. The maximum Gasteiger partial charge on any atom is 0.408 e. The highest BCUT2D eigenvalue weighted by atomic mass is 16.6. The number of ether oxygens (including phenoxy) is 4. The Hall–Kier alpha value is -4.00. The predicted octanol–water partition coefficient (Wildman–Crippen LogP) is 6.62. The van der Waals surface area contributed by atoms with Crippen molar-refractivity contribution < 1.29 is 28.5 Å². The van der Waals surface area contributed by atoms with Gasteiger partial charge in [0.25, 0.3) is 0 Å². The number of amides is 1. The topological polar surface area (TPSA) is 83.1 Å². The molecule has 0 aromatic heterocycles. The Kier molecular flexibility index (Phi) is 11.2. The molecule has 39 heavy (non-hydrogen) atoms. The van der Waals surface area contributed by atoms with Gasteiger partial charge in [0.15, 0.2) is 11.5 Å². The fraction of sp³-hybridized carbons (Fsp3) is 0.375. The normalized spacial score (nSPS) is 11.8. The largest absolute Gasteiger partial charge is 0.485 e. The van der Waals surface area contributed by atoms with E-state index in [1.807, 2.05) is 85.8 Å². The van der Waals surface area contributed by atoms with Crippen LogP contribution in [-0.2, 0) is 33.9 Å². The van der Waals surface area contributed by atoms with E-state index in [1.165, 1.54) is 0 Å². The average Bonchev–Trinajstić information content (AvgIpc) is 2.91. The lowest BCUT2D eigenvalue weighted by molar-refractivity contribution is -0.146. The summed E-state index contributed by atoms with van der Waals surface area (Å²) in [5, 5.41) is 2.68. The Morgan fingerprint density at radius 2 is 1.38 bits per heavy atom. The van der Waals surface area contributed by atoms with Crippen LogP contribution in [0.3, 0.4) is 0 Å². The van der Waals surface area contributed by atoms with E-state index < -0.39 is 23.7 Å². The number of rotatable bonds is 13. The molecule has 3 aromatic rings. The fourth-order valence-corrected chi connectivity index (χ4v) is 3.68. The van der Waals surface area contributed by atoms with Crippen molar-refractivity contribution in [2.75, 3.05) is 6.61 Å². The molecule has 3 aromatic carbocycles. The van der Waals surface area contributed by atoms with Crippen LogP contribution in [0, 0.1) is 0 Å². The number of unbranched alkanes of at least 4 members (excludes halogenated alkanes) is 1. The summed E-state index contributed by atoms with van der Waals surface area (Å²) in [6.45, 7) is 8.35. The summed E-state index contributed by atoms with van der Waals surface area (Å²) in [5.41, 5.74) is 2.13. The van der Waals surface area contributed by atoms with E-state index in [-0.39, 0.29) is 6.42 Å². The molecular formula is C32H39NO6. The molecule has 0 fully saturated rings. The van der Waals surface area contributed by atoms with Crippen molar-refractivity contribution in [1.29, 1.82) is 0 Å². The SMILES string of the molecule is CCCCOC(=O)[C@H](Cc1ccc(OCc2ccccc2)c(OCc2ccccc2)c1)NC(=O)OC(C)(C)C. The molecule has 7 nitrogen and oxygen atoms in total. The second-order valence-corrected chi connectivity index (χ2v) is 10.3. The molecule has 3 rings (SSSR count). The van der Waals surface area contributed by atoms with Gasteiger partial charge < -0.3 is 24.3 Å². The minimum atomic E-state index is -0.922. The Morgan fingerprint density at radius 3 is 1.95 bits per heavy atom. The number of esters is 1. The van der Waals surface area contributed by atoms with Gasteiger partial charge in [-0.25, -0.2) is 9.59 Å². The van der Waals surface area contributed by atoms with E-state index in [4.69, 9.17) is 18.9 Å². The van der Waals surface area contributed by atoms with E-state index in [1.54, 1.807) is 20.8 Å². The lowest BCUT2D eigenvalue weighted by Gasteiger charge is -2.23. The van der Waals surface area contributed by atoms with E-state index in [0.29, 0.717) is 31.3 Å². The Bertz CT molecular complexity index is 1170. The summed E-state index contributed by atoms with van der Waals surface area (Å²) in [4.78, 5) is 25.4. The van der Waals surface area contributed by atoms with E-state index >= 15 is 0 Å². The van der Waals surface area contributed by atoms with Crippen molar-refractivity contribution in [3.8, 4) is 11.5 Å². The molecule has 0 saturated heterocycles. The van der Waals surface area contributed by atoms with Crippen LogP contribution in [0.15, 0.2) is 78.9 Å². The van der Waals surface area contributed by atoms with Gasteiger partial charge in [0.05, 0.1) is 6.61 Å². The number of carbonyl (C=O) groups is 2. The number of benzene rings is 3. The van der Waals surface area contributed by atoms with Crippen LogP contribution < -0.4 is 14.8 Å². The minimum Gasteiger partial charge on any atom is -0.485 e. The van der Waals surface area contributed by atoms with Gasteiger partial charge >= 0.3 is 12.1 Å². The zero-order valence-electron chi connectivity index (χ0n) is 23.3. The van der Waals surface area contributed by atoms with Gasteiger partial charge in [-0.15, -0.1) is 0 Å². The van der Waals surface area contributed by atoms with Crippen LogP contribution in [0.25, 0.3) is 0 Å². The molecule has 0 bridgehead atoms. The summed E-state index contributed by atoms with van der Waals surface area (Å²) >= 11 is 0. The number of hydrogen-bond acceptors (Lipinski definition) is 6. The van der Waals surface area contributed by atoms with Crippen molar-refractivity contribution in [1.82, 2.24) is 5.32 Å². The molecule has 208 valence electrons. The Labute approximate surface area is 231 Å². The molecule has 1 atom stereocenters. The molecule has 0 aliphatic rings. The van der Waals surface area contributed by atoms with Crippen molar-refractivity contribution in [3.63, 3.8) is 0 Å². The third-order valence-electron chi connectivity index (χ3n) is 5.64. The maximum absolute atomic E-state index is 12.9. The van der Waals surface area contributed by atoms with Gasteiger partial charge in [-0.3, -0.25) is 0 Å². The van der Waals surface area contributed by atoms with Gasteiger partial charge in [-0.1, -0.05) is 80.1 Å². The first-order valence-corrected chi connectivity index (χ1v) is 13.4. The summed E-state index contributed by atoms with van der Waals surface area (Å²) in [6.07, 6.45) is 1.16. The highest BCUT2D eigenvalue weighted by Gasteiger charge is 2.26. The van der Waals surface area contributed by atoms with Crippen LogP contribution >= 0.6 is 0 Å². The van der Waals surface area contributed by atoms with Crippen LogP contribution in [0.2, 0.25) is 0 Å². The standard InChI is InChI=1S/C32H39NO6/c1-5-6-19-36-30(34)27(33-31(35)39-32(2,3)4)20-26-17-18-28(37-22-24-13-9-7-10-14-24)29(21-26)38-23-25-15-11-8-12-16-25/h7-18,21,27H,5-6,19-20,22-23H2,1-4H3,(H,33,35)/t27-/m0/s1. The molecule has 0 saturated carbocycles. The molecule has 0 spiro atoms. The highest BCUT2D eigenvalue weighted by molar-refractivity contribution is 5.81. The molecule has 0 aliphatic heterocycles. The number of nitrogens with one attached hydrogen (secondary N) is 1. The smallest absolute Gasteiger partial charge is 0.408 e. The van der Waals surface area contributed by atoms with Gasteiger partial charge in [0.1, 0.15) is 24.9 Å². The summed E-state index contributed by atoms with van der Waals surface area (Å²) in [5.74, 6) is 0.619. The van der Waals surface area contributed by atoms with Crippen molar-refractivity contribution >= 4 is 12.1 Å². The van der Waals surface area contributed by atoms with Crippen molar-refractivity contribution in [2.24, 2.45) is 0 Å². The lowest BCUT2D eigenvalue weighted by Crippen LogP contribution is -2.45. The molecule has 0 radical (unpaired) electrons. The maximum atomic E-state index is 12.9. The van der Waals surface area contributed by atoms with E-state index in [2.05, 4.69) is 5.32 Å². The Balaban J connectivity index is 1.80. The highest BCUT2D eigenvalue weighted by Crippen LogP contribution is 2.31. The van der Waals surface area contributed by atoms with Crippen LogP contribution in [-0.4, -0.2) is 30.3 Å². The first-order valence-electron chi connectivity index (χ1n) is 13.4. The van der Waals surface area contributed by atoms with Gasteiger partial charge in [-0.2, -0.15) is 0 Å². The summed E-state index contributed by atoms with van der Waals surface area (Å²) in [7, 11) is 0. The number of hydrogen-bond donors (Lipinski definition) is 1. The summed E-state index contributed by atoms with van der Waals surface area (Å²) in [6, 6.07) is 24.3. The molecule has 7 heteroatoms.